The summed E-state index contributed by atoms with van der Waals surface area (Å²) in [5.74, 6) is -1.81. The second kappa shape index (κ2) is 6.07. The molecule has 0 radical (unpaired) electrons. The van der Waals surface area contributed by atoms with Crippen LogP contribution in [0.25, 0.3) is 0 Å². The van der Waals surface area contributed by atoms with Crippen LogP contribution < -0.4 is 5.73 Å². The van der Waals surface area contributed by atoms with Crippen LogP contribution in [0.1, 0.15) is 17.2 Å². The molecule has 1 heterocycles. The Morgan fingerprint density at radius 1 is 1.21 bits per heavy atom. The van der Waals surface area contributed by atoms with Crippen molar-refractivity contribution in [1.82, 2.24) is 4.98 Å². The molecule has 1 aromatic carbocycles. The van der Waals surface area contributed by atoms with Crippen LogP contribution in [-0.4, -0.2) is 4.98 Å². The molecule has 2 nitrogen and oxygen atoms in total. The van der Waals surface area contributed by atoms with Crippen molar-refractivity contribution in [2.75, 3.05) is 0 Å². The van der Waals surface area contributed by atoms with Gasteiger partial charge in [0.25, 0.3) is 0 Å². The Morgan fingerprint density at radius 3 is 2.63 bits per heavy atom. The number of pyridine rings is 1. The molecule has 0 saturated heterocycles. The third-order valence-electron chi connectivity index (χ3n) is 2.68. The van der Waals surface area contributed by atoms with Gasteiger partial charge in [-0.2, -0.15) is 0 Å². The van der Waals surface area contributed by atoms with Gasteiger partial charge in [0.15, 0.2) is 11.6 Å². The van der Waals surface area contributed by atoms with Gasteiger partial charge in [-0.05, 0) is 61.5 Å². The molecule has 1 unspecified atom stereocenters. The van der Waals surface area contributed by atoms with Crippen LogP contribution in [0.15, 0.2) is 39.5 Å². The molecule has 0 spiro atoms. The van der Waals surface area contributed by atoms with Crippen LogP contribution in [0.4, 0.5) is 8.78 Å². The van der Waals surface area contributed by atoms with E-state index in [0.29, 0.717) is 12.0 Å². The van der Waals surface area contributed by atoms with Gasteiger partial charge in [-0.15, -0.1) is 0 Å². The van der Waals surface area contributed by atoms with Crippen molar-refractivity contribution >= 4 is 31.9 Å². The Balaban J connectivity index is 2.25. The number of benzene rings is 1. The molecule has 0 aliphatic heterocycles. The van der Waals surface area contributed by atoms with Gasteiger partial charge in [0.2, 0.25) is 0 Å². The maximum absolute atomic E-state index is 13.5. The van der Waals surface area contributed by atoms with E-state index in [1.54, 1.807) is 12.4 Å². The Bertz CT molecular complexity index is 605. The van der Waals surface area contributed by atoms with Crippen molar-refractivity contribution in [2.45, 2.75) is 12.5 Å². The highest BCUT2D eigenvalue weighted by Crippen LogP contribution is 2.28. The largest absolute Gasteiger partial charge is 0.324 e. The fraction of sp³-hybridized carbons (Fsp3) is 0.154. The minimum atomic E-state index is -0.916. The summed E-state index contributed by atoms with van der Waals surface area (Å²) < 4.78 is 27.4. The van der Waals surface area contributed by atoms with Gasteiger partial charge in [-0.3, -0.25) is 4.98 Å². The maximum Gasteiger partial charge on any atom is 0.173 e. The summed E-state index contributed by atoms with van der Waals surface area (Å²) in [5.41, 5.74) is 7.48. The first-order valence-corrected chi connectivity index (χ1v) is 7.06. The minimum Gasteiger partial charge on any atom is -0.324 e. The number of rotatable bonds is 3. The lowest BCUT2D eigenvalue weighted by atomic mass is 10.0. The van der Waals surface area contributed by atoms with Gasteiger partial charge in [0, 0.05) is 22.9 Å². The van der Waals surface area contributed by atoms with Gasteiger partial charge < -0.3 is 5.73 Å². The van der Waals surface area contributed by atoms with Gasteiger partial charge in [-0.25, -0.2) is 8.78 Å². The van der Waals surface area contributed by atoms with Crippen LogP contribution >= 0.6 is 31.9 Å². The average Bonchev–Trinajstić information content (AvgIpc) is 2.36. The molecule has 2 N–H and O–H groups in total. The zero-order chi connectivity index (χ0) is 14.0. The van der Waals surface area contributed by atoms with E-state index in [4.69, 9.17) is 5.73 Å². The van der Waals surface area contributed by atoms with Crippen LogP contribution in [-0.2, 0) is 6.42 Å². The maximum atomic E-state index is 13.5. The first-order chi connectivity index (χ1) is 8.99. The molecule has 1 aromatic heterocycles. The highest BCUT2D eigenvalue weighted by Gasteiger charge is 2.16. The molecule has 0 fully saturated rings. The molecule has 2 rings (SSSR count). The Kier molecular flexibility index (Phi) is 4.65. The van der Waals surface area contributed by atoms with Gasteiger partial charge in [0.05, 0.1) is 4.47 Å². The van der Waals surface area contributed by atoms with Gasteiger partial charge in [0.1, 0.15) is 0 Å². The lowest BCUT2D eigenvalue weighted by Gasteiger charge is -2.14. The summed E-state index contributed by atoms with van der Waals surface area (Å²) in [4.78, 5) is 4.04. The first kappa shape index (κ1) is 14.6. The number of hydrogen-bond donors (Lipinski definition) is 1. The fourth-order valence-electron chi connectivity index (χ4n) is 1.76. The van der Waals surface area contributed by atoms with Crippen LogP contribution in [0, 0.1) is 11.6 Å². The SMILES string of the molecule is NC(Cc1cncc(Br)c1)c1ccc(F)c(F)c1Br. The molecule has 100 valence electrons. The third-order valence-corrected chi connectivity index (χ3v) is 3.92. The molecule has 0 bridgehead atoms. The molecule has 1 atom stereocenters. The van der Waals surface area contributed by atoms with Crippen LogP contribution in [0.2, 0.25) is 0 Å². The Hall–Kier alpha value is -0.850. The third kappa shape index (κ3) is 3.38. The molecule has 0 saturated carbocycles. The summed E-state index contributed by atoms with van der Waals surface area (Å²) in [6, 6.07) is 4.01. The smallest absolute Gasteiger partial charge is 0.173 e. The van der Waals surface area contributed by atoms with E-state index in [1.165, 1.54) is 6.07 Å². The standard InChI is InChI=1S/C13H10Br2F2N2/c14-8-3-7(5-19-6-8)4-11(18)9-1-2-10(16)13(17)12(9)15/h1-3,5-6,11H,4,18H2. The number of aromatic nitrogens is 1. The zero-order valence-corrected chi connectivity index (χ0v) is 12.9. The quantitative estimate of drug-likeness (QED) is 0.799. The summed E-state index contributed by atoms with van der Waals surface area (Å²) >= 11 is 6.36. The zero-order valence-electron chi connectivity index (χ0n) is 9.71. The van der Waals surface area contributed by atoms with E-state index < -0.39 is 17.7 Å². The van der Waals surface area contributed by atoms with Gasteiger partial charge >= 0.3 is 0 Å². The molecule has 6 heteroatoms. The number of nitrogens with zero attached hydrogens (tertiary/aromatic N) is 1. The van der Waals surface area contributed by atoms with E-state index in [0.717, 1.165) is 16.1 Å². The Morgan fingerprint density at radius 2 is 1.95 bits per heavy atom. The number of halogens is 4. The second-order valence-electron chi connectivity index (χ2n) is 4.09. The van der Waals surface area contributed by atoms with E-state index in [-0.39, 0.29) is 4.47 Å². The molecule has 19 heavy (non-hydrogen) atoms. The lowest BCUT2D eigenvalue weighted by Crippen LogP contribution is -2.15. The lowest BCUT2D eigenvalue weighted by molar-refractivity contribution is 0.500. The molecular weight excluding hydrogens is 382 g/mol. The highest BCUT2D eigenvalue weighted by atomic mass is 79.9. The number of hydrogen-bond acceptors (Lipinski definition) is 2. The van der Waals surface area contributed by atoms with Crippen LogP contribution in [0.3, 0.4) is 0 Å². The first-order valence-electron chi connectivity index (χ1n) is 5.47. The molecule has 0 aliphatic rings. The predicted octanol–water partition coefficient (Wildman–Crippen LogP) is 4.13. The molecule has 2 aromatic rings. The predicted molar refractivity (Wildman–Crippen MR) is 76.6 cm³/mol. The normalized spacial score (nSPS) is 12.5. The highest BCUT2D eigenvalue weighted by molar-refractivity contribution is 9.10. The molecule has 0 amide bonds. The number of nitrogens with two attached hydrogens (primary N) is 1. The summed E-state index contributed by atoms with van der Waals surface area (Å²) in [6.07, 6.45) is 3.84. The van der Waals surface area contributed by atoms with Gasteiger partial charge in [-0.1, -0.05) is 6.07 Å². The fourth-order valence-corrected chi connectivity index (χ4v) is 2.79. The second-order valence-corrected chi connectivity index (χ2v) is 5.80. The average molecular weight is 392 g/mol. The van der Waals surface area contributed by atoms with E-state index in [1.807, 2.05) is 6.07 Å². The summed E-state index contributed by atoms with van der Waals surface area (Å²) in [5, 5.41) is 0. The van der Waals surface area contributed by atoms with Crippen molar-refractivity contribution in [3.63, 3.8) is 0 Å². The molecule has 0 aliphatic carbocycles. The summed E-state index contributed by atoms with van der Waals surface area (Å²) in [6.45, 7) is 0. The van der Waals surface area contributed by atoms with Crippen molar-refractivity contribution in [1.29, 1.82) is 0 Å². The Labute approximate surface area is 126 Å². The van der Waals surface area contributed by atoms with Crippen molar-refractivity contribution in [2.24, 2.45) is 5.73 Å². The van der Waals surface area contributed by atoms with Crippen molar-refractivity contribution < 1.29 is 8.78 Å². The molecular formula is C13H10Br2F2N2. The minimum absolute atomic E-state index is 0.0722. The van der Waals surface area contributed by atoms with E-state index >= 15 is 0 Å². The van der Waals surface area contributed by atoms with Crippen LogP contribution in [0.5, 0.6) is 0 Å². The summed E-state index contributed by atoms with van der Waals surface area (Å²) in [7, 11) is 0. The monoisotopic (exact) mass is 390 g/mol. The van der Waals surface area contributed by atoms with Crippen molar-refractivity contribution in [3.05, 3.63) is 62.3 Å². The van der Waals surface area contributed by atoms with E-state index in [2.05, 4.69) is 36.8 Å². The topological polar surface area (TPSA) is 38.9 Å². The van der Waals surface area contributed by atoms with Crippen molar-refractivity contribution in [3.8, 4) is 0 Å². The van der Waals surface area contributed by atoms with E-state index in [9.17, 15) is 8.78 Å².